The SMILES string of the molecule is CC(C)C[C@H](Nc1ccc2nonc2c1[N+](=O)[O-])C(=O)[O-]. The van der Waals surface area contributed by atoms with Gasteiger partial charge in [0.05, 0.1) is 16.9 Å². The third-order valence-corrected chi connectivity index (χ3v) is 2.91. The summed E-state index contributed by atoms with van der Waals surface area (Å²) in [5, 5.41) is 32.0. The molecule has 2 aromatic rings. The molecule has 0 aliphatic heterocycles. The van der Waals surface area contributed by atoms with E-state index in [0.717, 1.165) is 0 Å². The maximum absolute atomic E-state index is 11.2. The van der Waals surface area contributed by atoms with Gasteiger partial charge in [0.1, 0.15) is 11.2 Å². The van der Waals surface area contributed by atoms with Crippen LogP contribution in [0.4, 0.5) is 11.4 Å². The molecule has 0 amide bonds. The zero-order chi connectivity index (χ0) is 15.6. The monoisotopic (exact) mass is 293 g/mol. The van der Waals surface area contributed by atoms with E-state index in [1.807, 2.05) is 13.8 Å². The Morgan fingerprint density at radius 2 is 2.14 bits per heavy atom. The highest BCUT2D eigenvalue weighted by Gasteiger charge is 2.24. The van der Waals surface area contributed by atoms with Crippen molar-refractivity contribution in [3.05, 3.63) is 22.2 Å². The average molecular weight is 293 g/mol. The van der Waals surface area contributed by atoms with Gasteiger partial charge in [-0.2, -0.15) is 0 Å². The molecule has 1 heterocycles. The van der Waals surface area contributed by atoms with E-state index in [1.54, 1.807) is 0 Å². The molecule has 112 valence electrons. The summed E-state index contributed by atoms with van der Waals surface area (Å²) in [7, 11) is 0. The summed E-state index contributed by atoms with van der Waals surface area (Å²) in [6.45, 7) is 3.69. The molecule has 0 spiro atoms. The van der Waals surface area contributed by atoms with Crippen molar-refractivity contribution in [2.45, 2.75) is 26.3 Å². The fourth-order valence-corrected chi connectivity index (χ4v) is 2.01. The lowest BCUT2D eigenvalue weighted by atomic mass is 10.0. The van der Waals surface area contributed by atoms with Gasteiger partial charge in [-0.25, -0.2) is 4.63 Å². The molecule has 1 N–H and O–H groups in total. The highest BCUT2D eigenvalue weighted by Crippen LogP contribution is 2.32. The van der Waals surface area contributed by atoms with Crippen LogP contribution in [0.15, 0.2) is 16.8 Å². The third-order valence-electron chi connectivity index (χ3n) is 2.91. The lowest BCUT2D eigenvalue weighted by Crippen LogP contribution is -2.41. The molecule has 0 fully saturated rings. The van der Waals surface area contributed by atoms with Crippen LogP contribution in [0.25, 0.3) is 11.0 Å². The van der Waals surface area contributed by atoms with Crippen molar-refractivity contribution in [2.75, 3.05) is 5.32 Å². The Kier molecular flexibility index (Phi) is 4.01. The maximum Gasteiger partial charge on any atom is 0.323 e. The Labute approximate surface area is 119 Å². The van der Waals surface area contributed by atoms with Crippen LogP contribution in [0.5, 0.6) is 0 Å². The van der Waals surface area contributed by atoms with Gasteiger partial charge in [-0.3, -0.25) is 10.1 Å². The largest absolute Gasteiger partial charge is 0.548 e. The van der Waals surface area contributed by atoms with Crippen LogP contribution in [0.3, 0.4) is 0 Å². The average Bonchev–Trinajstić information content (AvgIpc) is 2.84. The van der Waals surface area contributed by atoms with Crippen molar-refractivity contribution in [3.8, 4) is 0 Å². The second-order valence-electron chi connectivity index (χ2n) is 5.00. The number of hydrogen-bond acceptors (Lipinski definition) is 8. The van der Waals surface area contributed by atoms with Gasteiger partial charge >= 0.3 is 5.69 Å². The number of nitro benzene ring substituents is 1. The number of aliphatic carboxylic acids is 1. The molecule has 1 aromatic carbocycles. The molecule has 0 aliphatic carbocycles. The number of nitrogens with one attached hydrogen (secondary N) is 1. The van der Waals surface area contributed by atoms with Gasteiger partial charge in [-0.1, -0.05) is 13.8 Å². The first kappa shape index (κ1) is 14.7. The molecule has 21 heavy (non-hydrogen) atoms. The van der Waals surface area contributed by atoms with E-state index < -0.39 is 16.9 Å². The number of anilines is 1. The van der Waals surface area contributed by atoms with Crippen molar-refractivity contribution >= 4 is 28.4 Å². The van der Waals surface area contributed by atoms with Crippen LogP contribution < -0.4 is 10.4 Å². The quantitative estimate of drug-likeness (QED) is 0.607. The van der Waals surface area contributed by atoms with Gasteiger partial charge in [-0.15, -0.1) is 0 Å². The molecule has 0 unspecified atom stereocenters. The molecule has 0 saturated carbocycles. The van der Waals surface area contributed by atoms with Crippen LogP contribution in [-0.2, 0) is 4.79 Å². The van der Waals surface area contributed by atoms with Crippen LogP contribution in [-0.4, -0.2) is 27.2 Å². The van der Waals surface area contributed by atoms with Crippen molar-refractivity contribution < 1.29 is 19.5 Å². The Bertz CT molecular complexity index is 681. The second-order valence-corrected chi connectivity index (χ2v) is 5.00. The number of nitrogens with zero attached hydrogens (tertiary/aromatic N) is 3. The lowest BCUT2D eigenvalue weighted by Gasteiger charge is -2.22. The van der Waals surface area contributed by atoms with E-state index in [9.17, 15) is 20.0 Å². The smallest absolute Gasteiger partial charge is 0.323 e. The van der Waals surface area contributed by atoms with Crippen LogP contribution in [0, 0.1) is 16.0 Å². The summed E-state index contributed by atoms with van der Waals surface area (Å²) in [4.78, 5) is 21.7. The standard InChI is InChI=1S/C12H14N4O5/c1-6(2)5-9(12(17)18)13-8-4-3-7-10(15-21-14-7)11(8)16(19)20/h3-4,6,9,13H,5H2,1-2H3,(H,17,18)/p-1/t9-/m0/s1. The fraction of sp³-hybridized carbons (Fsp3) is 0.417. The number of nitro groups is 1. The summed E-state index contributed by atoms with van der Waals surface area (Å²) in [5.41, 5.74) is -0.144. The number of benzene rings is 1. The van der Waals surface area contributed by atoms with E-state index in [-0.39, 0.29) is 34.7 Å². The molecule has 2 rings (SSSR count). The Balaban J connectivity index is 2.42. The molecule has 0 bridgehead atoms. The maximum atomic E-state index is 11.2. The van der Waals surface area contributed by atoms with E-state index in [1.165, 1.54) is 12.1 Å². The topological polar surface area (TPSA) is 134 Å². The lowest BCUT2D eigenvalue weighted by molar-refractivity contribution is -0.382. The first-order chi connectivity index (χ1) is 9.90. The first-order valence-electron chi connectivity index (χ1n) is 6.27. The van der Waals surface area contributed by atoms with Gasteiger partial charge in [0.15, 0.2) is 0 Å². The van der Waals surface area contributed by atoms with Gasteiger partial charge in [0.2, 0.25) is 5.52 Å². The number of rotatable bonds is 6. The molecular formula is C12H13N4O5-. The number of carbonyl (C=O) groups is 1. The number of aromatic nitrogens is 2. The molecule has 9 heteroatoms. The molecule has 1 atom stereocenters. The predicted molar refractivity (Wildman–Crippen MR) is 70.3 cm³/mol. The Hall–Kier alpha value is -2.71. The van der Waals surface area contributed by atoms with Gasteiger partial charge in [0.25, 0.3) is 0 Å². The zero-order valence-corrected chi connectivity index (χ0v) is 11.4. The zero-order valence-electron chi connectivity index (χ0n) is 11.4. The predicted octanol–water partition coefficient (Wildman–Crippen LogP) is 0.707. The summed E-state index contributed by atoms with van der Waals surface area (Å²) in [5.74, 6) is -1.24. The summed E-state index contributed by atoms with van der Waals surface area (Å²) >= 11 is 0. The minimum absolute atomic E-state index is 0.0355. The Morgan fingerprint density at radius 3 is 2.71 bits per heavy atom. The highest BCUT2D eigenvalue weighted by atomic mass is 16.6. The van der Waals surface area contributed by atoms with Crippen molar-refractivity contribution in [2.24, 2.45) is 5.92 Å². The van der Waals surface area contributed by atoms with E-state index in [2.05, 4.69) is 20.3 Å². The summed E-state index contributed by atoms with van der Waals surface area (Å²) < 4.78 is 4.47. The van der Waals surface area contributed by atoms with Crippen LogP contribution in [0.2, 0.25) is 0 Å². The fourth-order valence-electron chi connectivity index (χ4n) is 2.01. The molecule has 1 aromatic heterocycles. The molecule has 0 aliphatic rings. The van der Waals surface area contributed by atoms with Crippen molar-refractivity contribution in [3.63, 3.8) is 0 Å². The number of fused-ring (bicyclic) bond motifs is 1. The Morgan fingerprint density at radius 1 is 1.43 bits per heavy atom. The van der Waals surface area contributed by atoms with E-state index in [4.69, 9.17) is 0 Å². The van der Waals surface area contributed by atoms with E-state index in [0.29, 0.717) is 0 Å². The van der Waals surface area contributed by atoms with Gasteiger partial charge < -0.3 is 15.2 Å². The highest BCUT2D eigenvalue weighted by molar-refractivity contribution is 5.91. The minimum atomic E-state index is -1.32. The van der Waals surface area contributed by atoms with Crippen molar-refractivity contribution in [1.82, 2.24) is 10.3 Å². The summed E-state index contributed by atoms with van der Waals surface area (Å²) in [6, 6.07) is 1.80. The normalized spacial score (nSPS) is 12.5. The number of carboxylic acid groups (broad SMARTS) is 1. The molecule has 9 nitrogen and oxygen atoms in total. The first-order valence-corrected chi connectivity index (χ1v) is 6.27. The third kappa shape index (κ3) is 3.07. The van der Waals surface area contributed by atoms with Crippen LogP contribution >= 0.6 is 0 Å². The molecular weight excluding hydrogens is 280 g/mol. The molecule has 0 radical (unpaired) electrons. The second kappa shape index (κ2) is 5.73. The van der Waals surface area contributed by atoms with Crippen LogP contribution in [0.1, 0.15) is 20.3 Å². The number of hydrogen-bond donors (Lipinski definition) is 1. The molecule has 0 saturated heterocycles. The number of carbonyl (C=O) groups excluding carboxylic acids is 1. The summed E-state index contributed by atoms with van der Waals surface area (Å²) in [6.07, 6.45) is 0.272. The minimum Gasteiger partial charge on any atom is -0.548 e. The van der Waals surface area contributed by atoms with Crippen molar-refractivity contribution in [1.29, 1.82) is 0 Å². The van der Waals surface area contributed by atoms with Gasteiger partial charge in [0, 0.05) is 0 Å². The van der Waals surface area contributed by atoms with E-state index >= 15 is 0 Å². The van der Waals surface area contributed by atoms with Gasteiger partial charge in [-0.05, 0) is 34.8 Å². The number of carboxylic acids is 1.